The SMILES string of the molecule is O=C(Nc1ccc2nc([C@@H]3CCCO3)[nH]c2c1)c1ccccn1. The molecule has 0 saturated carbocycles. The minimum atomic E-state index is -0.233. The molecule has 4 rings (SSSR count). The average Bonchev–Trinajstić information content (AvgIpc) is 3.24. The summed E-state index contributed by atoms with van der Waals surface area (Å²) in [7, 11) is 0. The fraction of sp³-hybridized carbons (Fsp3) is 0.235. The molecule has 2 N–H and O–H groups in total. The number of amides is 1. The molecule has 1 aliphatic heterocycles. The topological polar surface area (TPSA) is 79.9 Å². The van der Waals surface area contributed by atoms with Gasteiger partial charge < -0.3 is 15.0 Å². The van der Waals surface area contributed by atoms with Crippen molar-refractivity contribution >= 4 is 22.6 Å². The molecular weight excluding hydrogens is 292 g/mol. The number of aromatic amines is 1. The number of hydrogen-bond acceptors (Lipinski definition) is 4. The first-order valence-corrected chi connectivity index (χ1v) is 7.63. The van der Waals surface area contributed by atoms with Crippen molar-refractivity contribution in [2.24, 2.45) is 0 Å². The summed E-state index contributed by atoms with van der Waals surface area (Å²) in [5.41, 5.74) is 2.84. The summed E-state index contributed by atoms with van der Waals surface area (Å²) in [6, 6.07) is 10.8. The van der Waals surface area contributed by atoms with E-state index in [1.165, 1.54) is 0 Å². The zero-order chi connectivity index (χ0) is 15.6. The van der Waals surface area contributed by atoms with Crippen LogP contribution in [0.4, 0.5) is 5.69 Å². The zero-order valence-corrected chi connectivity index (χ0v) is 12.5. The number of pyridine rings is 1. The van der Waals surface area contributed by atoms with Crippen LogP contribution in [0.15, 0.2) is 42.6 Å². The van der Waals surface area contributed by atoms with E-state index >= 15 is 0 Å². The van der Waals surface area contributed by atoms with Gasteiger partial charge in [0.05, 0.1) is 11.0 Å². The van der Waals surface area contributed by atoms with Gasteiger partial charge in [0, 0.05) is 18.5 Å². The highest BCUT2D eigenvalue weighted by Gasteiger charge is 2.21. The summed E-state index contributed by atoms with van der Waals surface area (Å²) in [5, 5.41) is 2.85. The van der Waals surface area contributed by atoms with Crippen molar-refractivity contribution in [2.45, 2.75) is 18.9 Å². The summed E-state index contributed by atoms with van der Waals surface area (Å²) in [6.45, 7) is 0.785. The Morgan fingerprint density at radius 2 is 2.26 bits per heavy atom. The highest BCUT2D eigenvalue weighted by Crippen LogP contribution is 2.28. The Hall–Kier alpha value is -2.73. The maximum atomic E-state index is 12.1. The molecule has 3 aromatic rings. The highest BCUT2D eigenvalue weighted by molar-refractivity contribution is 6.03. The van der Waals surface area contributed by atoms with E-state index in [-0.39, 0.29) is 12.0 Å². The fourth-order valence-corrected chi connectivity index (χ4v) is 2.75. The van der Waals surface area contributed by atoms with Gasteiger partial charge in [0.1, 0.15) is 17.6 Å². The van der Waals surface area contributed by atoms with Crippen LogP contribution in [0.25, 0.3) is 11.0 Å². The van der Waals surface area contributed by atoms with Crippen LogP contribution in [-0.2, 0) is 4.74 Å². The molecule has 1 aromatic carbocycles. The second kappa shape index (κ2) is 5.81. The van der Waals surface area contributed by atoms with Crippen LogP contribution in [-0.4, -0.2) is 27.5 Å². The molecule has 0 unspecified atom stereocenters. The van der Waals surface area contributed by atoms with E-state index < -0.39 is 0 Å². The van der Waals surface area contributed by atoms with Gasteiger partial charge in [-0.25, -0.2) is 4.98 Å². The number of fused-ring (bicyclic) bond motifs is 1. The van der Waals surface area contributed by atoms with E-state index in [0.717, 1.165) is 36.3 Å². The molecule has 3 heterocycles. The second-order valence-electron chi connectivity index (χ2n) is 5.52. The monoisotopic (exact) mass is 308 g/mol. The number of aromatic nitrogens is 3. The third-order valence-electron chi connectivity index (χ3n) is 3.89. The molecule has 23 heavy (non-hydrogen) atoms. The number of hydrogen-bond donors (Lipinski definition) is 2. The Bertz CT molecular complexity index is 838. The number of benzene rings is 1. The number of nitrogens with zero attached hydrogens (tertiary/aromatic N) is 2. The number of H-pyrrole nitrogens is 1. The van der Waals surface area contributed by atoms with Crippen LogP contribution in [0.3, 0.4) is 0 Å². The molecule has 1 fully saturated rings. The molecule has 6 heteroatoms. The van der Waals surface area contributed by atoms with E-state index in [4.69, 9.17) is 4.74 Å². The van der Waals surface area contributed by atoms with Crippen molar-refractivity contribution in [2.75, 3.05) is 11.9 Å². The number of carbonyl (C=O) groups is 1. The molecule has 1 atom stereocenters. The predicted octanol–water partition coefficient (Wildman–Crippen LogP) is 3.06. The molecule has 0 spiro atoms. The van der Waals surface area contributed by atoms with Crippen LogP contribution in [0, 0.1) is 0 Å². The summed E-state index contributed by atoms with van der Waals surface area (Å²) in [6.07, 6.45) is 3.70. The van der Waals surface area contributed by atoms with Crippen molar-refractivity contribution < 1.29 is 9.53 Å². The van der Waals surface area contributed by atoms with Gasteiger partial charge in [0.25, 0.3) is 5.91 Å². The Kier molecular flexibility index (Phi) is 3.51. The van der Waals surface area contributed by atoms with Gasteiger partial charge >= 0.3 is 0 Å². The van der Waals surface area contributed by atoms with E-state index in [1.807, 2.05) is 18.2 Å². The van der Waals surface area contributed by atoms with E-state index in [1.54, 1.807) is 24.4 Å². The number of ether oxygens (including phenoxy) is 1. The van der Waals surface area contributed by atoms with Gasteiger partial charge in [0.15, 0.2) is 0 Å². The van der Waals surface area contributed by atoms with Gasteiger partial charge in [0.2, 0.25) is 0 Å². The standard InChI is InChI=1S/C17H16N4O2/c22-17(13-4-1-2-8-18-13)19-11-6-7-12-14(10-11)21-16(20-12)15-5-3-9-23-15/h1-2,4,6-8,10,15H,3,5,9H2,(H,19,22)(H,20,21)/t15-/m0/s1. The lowest BCUT2D eigenvalue weighted by Crippen LogP contribution is -2.13. The molecule has 2 aromatic heterocycles. The zero-order valence-electron chi connectivity index (χ0n) is 12.5. The summed E-state index contributed by atoms with van der Waals surface area (Å²) >= 11 is 0. The Balaban J connectivity index is 1.57. The van der Waals surface area contributed by atoms with Crippen molar-refractivity contribution in [1.82, 2.24) is 15.0 Å². The molecule has 1 amide bonds. The minimum Gasteiger partial charge on any atom is -0.370 e. The number of carbonyl (C=O) groups excluding carboxylic acids is 1. The Morgan fingerprint density at radius 3 is 3.04 bits per heavy atom. The normalized spacial score (nSPS) is 17.5. The molecule has 0 radical (unpaired) electrons. The molecular formula is C17H16N4O2. The summed E-state index contributed by atoms with van der Waals surface area (Å²) in [5.74, 6) is 0.620. The maximum absolute atomic E-state index is 12.1. The first-order valence-electron chi connectivity index (χ1n) is 7.63. The summed E-state index contributed by atoms with van der Waals surface area (Å²) < 4.78 is 5.65. The molecule has 116 valence electrons. The molecule has 0 bridgehead atoms. The Morgan fingerprint density at radius 1 is 1.30 bits per heavy atom. The molecule has 0 aliphatic carbocycles. The molecule has 1 aliphatic rings. The first-order chi connectivity index (χ1) is 11.3. The van der Waals surface area contributed by atoms with Gasteiger partial charge in [-0.2, -0.15) is 0 Å². The quantitative estimate of drug-likeness (QED) is 0.779. The number of imidazole rings is 1. The second-order valence-corrected chi connectivity index (χ2v) is 5.52. The van der Waals surface area contributed by atoms with Gasteiger partial charge in [-0.1, -0.05) is 6.07 Å². The lowest BCUT2D eigenvalue weighted by Gasteiger charge is -2.04. The van der Waals surface area contributed by atoms with Crippen LogP contribution in [0.2, 0.25) is 0 Å². The van der Waals surface area contributed by atoms with E-state index in [0.29, 0.717) is 11.4 Å². The molecule has 1 saturated heterocycles. The van der Waals surface area contributed by atoms with Crippen LogP contribution in [0.1, 0.15) is 35.3 Å². The van der Waals surface area contributed by atoms with Crippen molar-refractivity contribution in [3.8, 4) is 0 Å². The smallest absolute Gasteiger partial charge is 0.274 e. The fourth-order valence-electron chi connectivity index (χ4n) is 2.75. The number of anilines is 1. The van der Waals surface area contributed by atoms with Crippen molar-refractivity contribution in [1.29, 1.82) is 0 Å². The number of rotatable bonds is 3. The van der Waals surface area contributed by atoms with E-state index in [9.17, 15) is 4.79 Å². The number of nitrogens with one attached hydrogen (secondary N) is 2. The van der Waals surface area contributed by atoms with E-state index in [2.05, 4.69) is 20.3 Å². The lowest BCUT2D eigenvalue weighted by molar-refractivity contribution is 0.102. The van der Waals surface area contributed by atoms with Gasteiger partial charge in [-0.3, -0.25) is 9.78 Å². The highest BCUT2D eigenvalue weighted by atomic mass is 16.5. The largest absolute Gasteiger partial charge is 0.370 e. The van der Waals surface area contributed by atoms with Crippen molar-refractivity contribution in [3.63, 3.8) is 0 Å². The molecule has 6 nitrogen and oxygen atoms in total. The first kappa shape index (κ1) is 13.9. The summed E-state index contributed by atoms with van der Waals surface area (Å²) in [4.78, 5) is 24.0. The maximum Gasteiger partial charge on any atom is 0.274 e. The lowest BCUT2D eigenvalue weighted by atomic mass is 10.2. The predicted molar refractivity (Wildman–Crippen MR) is 86.2 cm³/mol. The van der Waals surface area contributed by atoms with Crippen LogP contribution >= 0.6 is 0 Å². The van der Waals surface area contributed by atoms with Gasteiger partial charge in [-0.05, 0) is 43.2 Å². The minimum absolute atomic E-state index is 0.0500. The van der Waals surface area contributed by atoms with Crippen molar-refractivity contribution in [3.05, 3.63) is 54.1 Å². The third kappa shape index (κ3) is 2.80. The van der Waals surface area contributed by atoms with Crippen LogP contribution in [0.5, 0.6) is 0 Å². The van der Waals surface area contributed by atoms with Gasteiger partial charge in [-0.15, -0.1) is 0 Å². The third-order valence-corrected chi connectivity index (χ3v) is 3.89. The van der Waals surface area contributed by atoms with Crippen LogP contribution < -0.4 is 5.32 Å². The average molecular weight is 308 g/mol. The Labute approximate surface area is 132 Å².